The van der Waals surface area contributed by atoms with Crippen LogP contribution >= 0.6 is 0 Å². The fourth-order valence-electron chi connectivity index (χ4n) is 2.50. The Morgan fingerprint density at radius 1 is 1.24 bits per heavy atom. The van der Waals surface area contributed by atoms with E-state index in [2.05, 4.69) is 33.8 Å². The van der Waals surface area contributed by atoms with E-state index in [1.54, 1.807) is 0 Å². The van der Waals surface area contributed by atoms with Gasteiger partial charge in [-0.15, -0.1) is 10.2 Å². The van der Waals surface area contributed by atoms with Crippen LogP contribution in [0.5, 0.6) is 0 Å². The van der Waals surface area contributed by atoms with E-state index in [-0.39, 0.29) is 6.04 Å². The van der Waals surface area contributed by atoms with E-state index >= 15 is 0 Å². The fraction of sp³-hybridized carbons (Fsp3) is 0.385. The molecule has 2 unspecified atom stereocenters. The quantitative estimate of drug-likeness (QED) is 0.812. The van der Waals surface area contributed by atoms with Crippen molar-refractivity contribution < 1.29 is 0 Å². The van der Waals surface area contributed by atoms with Crippen LogP contribution in [-0.2, 0) is 6.54 Å². The second kappa shape index (κ2) is 3.96. The van der Waals surface area contributed by atoms with Crippen molar-refractivity contribution in [1.29, 1.82) is 0 Å². The van der Waals surface area contributed by atoms with Crippen LogP contribution in [0.2, 0.25) is 0 Å². The van der Waals surface area contributed by atoms with Gasteiger partial charge in [-0.05, 0) is 12.3 Å². The summed E-state index contributed by atoms with van der Waals surface area (Å²) in [4.78, 5) is 0. The first-order chi connectivity index (χ1) is 8.25. The first kappa shape index (κ1) is 10.5. The van der Waals surface area contributed by atoms with Crippen molar-refractivity contribution in [2.45, 2.75) is 25.9 Å². The lowest BCUT2D eigenvalue weighted by Gasteiger charge is -2.25. The Kier molecular flexibility index (Phi) is 2.44. The van der Waals surface area contributed by atoms with Crippen molar-refractivity contribution in [3.05, 3.63) is 36.2 Å². The molecule has 3 rings (SSSR count). The van der Waals surface area contributed by atoms with E-state index in [1.165, 1.54) is 0 Å². The maximum absolute atomic E-state index is 6.10. The maximum Gasteiger partial charge on any atom is 0.164 e. The molecule has 1 aliphatic rings. The van der Waals surface area contributed by atoms with Crippen molar-refractivity contribution in [2.75, 3.05) is 0 Å². The molecule has 0 saturated carbocycles. The second-order valence-corrected chi connectivity index (χ2v) is 4.81. The molecular weight excluding hydrogens is 212 g/mol. The van der Waals surface area contributed by atoms with Crippen LogP contribution in [0, 0.1) is 5.92 Å². The summed E-state index contributed by atoms with van der Waals surface area (Å²) in [6, 6.07) is 10.2. The van der Waals surface area contributed by atoms with Gasteiger partial charge in [0.25, 0.3) is 0 Å². The van der Waals surface area contributed by atoms with E-state index in [1.807, 2.05) is 18.2 Å². The fourth-order valence-corrected chi connectivity index (χ4v) is 2.50. The normalized spacial score (nSPS) is 23.4. The van der Waals surface area contributed by atoms with Crippen LogP contribution in [0.4, 0.5) is 0 Å². The Balaban J connectivity index is 2.09. The first-order valence-corrected chi connectivity index (χ1v) is 6.00. The van der Waals surface area contributed by atoms with E-state index in [9.17, 15) is 0 Å². The number of nitrogens with zero attached hydrogens (tertiary/aromatic N) is 3. The number of hydrogen-bond acceptors (Lipinski definition) is 3. The molecule has 2 aromatic rings. The summed E-state index contributed by atoms with van der Waals surface area (Å²) in [6.45, 7) is 3.18. The summed E-state index contributed by atoms with van der Waals surface area (Å²) in [5.74, 6) is 2.43. The highest BCUT2D eigenvalue weighted by atomic mass is 15.3. The lowest BCUT2D eigenvalue weighted by Crippen LogP contribution is -2.27. The molecule has 0 bridgehead atoms. The van der Waals surface area contributed by atoms with Crippen LogP contribution in [0.15, 0.2) is 30.3 Å². The third-order valence-electron chi connectivity index (χ3n) is 3.29. The predicted octanol–water partition coefficient (Wildman–Crippen LogP) is 1.98. The Bertz CT molecular complexity index is 517. The van der Waals surface area contributed by atoms with Crippen molar-refractivity contribution in [2.24, 2.45) is 11.7 Å². The van der Waals surface area contributed by atoms with E-state index in [4.69, 9.17) is 5.73 Å². The molecule has 0 spiro atoms. The minimum atomic E-state index is 0.0173. The molecular formula is C13H16N4. The zero-order valence-electron chi connectivity index (χ0n) is 9.87. The zero-order valence-corrected chi connectivity index (χ0v) is 9.87. The van der Waals surface area contributed by atoms with Crippen molar-refractivity contribution in [1.82, 2.24) is 14.8 Å². The third-order valence-corrected chi connectivity index (χ3v) is 3.29. The molecule has 2 N–H and O–H groups in total. The van der Waals surface area contributed by atoms with Crippen LogP contribution in [0.25, 0.3) is 11.4 Å². The topological polar surface area (TPSA) is 56.7 Å². The summed E-state index contributed by atoms with van der Waals surface area (Å²) < 4.78 is 2.16. The monoisotopic (exact) mass is 228 g/mol. The molecule has 2 atom stereocenters. The molecule has 4 heteroatoms. The van der Waals surface area contributed by atoms with Gasteiger partial charge in [0.1, 0.15) is 5.82 Å². The lowest BCUT2D eigenvalue weighted by molar-refractivity contribution is 0.348. The van der Waals surface area contributed by atoms with Crippen molar-refractivity contribution >= 4 is 0 Å². The number of hydrogen-bond donors (Lipinski definition) is 1. The average Bonchev–Trinajstić information content (AvgIpc) is 2.74. The summed E-state index contributed by atoms with van der Waals surface area (Å²) in [5, 5.41) is 8.52. The SMILES string of the molecule is CC1CC(N)c2nnc(-c3ccccc3)n2C1. The van der Waals surface area contributed by atoms with E-state index in [0.29, 0.717) is 5.92 Å². The number of aromatic nitrogens is 3. The van der Waals surface area contributed by atoms with Crippen LogP contribution in [0.1, 0.15) is 25.2 Å². The maximum atomic E-state index is 6.10. The summed E-state index contributed by atoms with van der Waals surface area (Å²) in [6.07, 6.45) is 0.993. The Hall–Kier alpha value is -1.68. The molecule has 0 aliphatic carbocycles. The molecule has 88 valence electrons. The predicted molar refractivity (Wildman–Crippen MR) is 66.2 cm³/mol. The van der Waals surface area contributed by atoms with Gasteiger partial charge in [0.15, 0.2) is 5.82 Å². The highest BCUT2D eigenvalue weighted by molar-refractivity contribution is 5.55. The lowest BCUT2D eigenvalue weighted by atomic mass is 9.97. The molecule has 1 aromatic carbocycles. The van der Waals surface area contributed by atoms with Crippen molar-refractivity contribution in [3.8, 4) is 11.4 Å². The van der Waals surface area contributed by atoms with E-state index in [0.717, 1.165) is 30.2 Å². The molecule has 1 aromatic heterocycles. The van der Waals surface area contributed by atoms with Gasteiger partial charge in [0.2, 0.25) is 0 Å². The largest absolute Gasteiger partial charge is 0.321 e. The zero-order chi connectivity index (χ0) is 11.8. The minimum Gasteiger partial charge on any atom is -0.321 e. The van der Waals surface area contributed by atoms with Gasteiger partial charge in [0.05, 0.1) is 6.04 Å². The van der Waals surface area contributed by atoms with Gasteiger partial charge in [0, 0.05) is 12.1 Å². The van der Waals surface area contributed by atoms with Gasteiger partial charge in [-0.1, -0.05) is 37.3 Å². The number of rotatable bonds is 1. The minimum absolute atomic E-state index is 0.0173. The molecule has 0 fully saturated rings. The molecule has 2 heterocycles. The second-order valence-electron chi connectivity index (χ2n) is 4.81. The van der Waals surface area contributed by atoms with Crippen LogP contribution < -0.4 is 5.73 Å². The standard InChI is InChI=1S/C13H16N4/c1-9-7-11(14)13-16-15-12(17(13)8-9)10-5-3-2-4-6-10/h2-6,9,11H,7-8,14H2,1H3. The highest BCUT2D eigenvalue weighted by Crippen LogP contribution is 2.29. The molecule has 4 nitrogen and oxygen atoms in total. The molecule has 0 amide bonds. The Morgan fingerprint density at radius 3 is 2.76 bits per heavy atom. The third kappa shape index (κ3) is 1.74. The molecule has 0 radical (unpaired) electrons. The van der Waals surface area contributed by atoms with Gasteiger partial charge in [-0.25, -0.2) is 0 Å². The van der Waals surface area contributed by atoms with Gasteiger partial charge in [-0.3, -0.25) is 0 Å². The van der Waals surface area contributed by atoms with Gasteiger partial charge < -0.3 is 10.3 Å². The van der Waals surface area contributed by atoms with Crippen LogP contribution in [0.3, 0.4) is 0 Å². The summed E-state index contributed by atoms with van der Waals surface area (Å²) in [5.41, 5.74) is 7.21. The van der Waals surface area contributed by atoms with Crippen molar-refractivity contribution in [3.63, 3.8) is 0 Å². The smallest absolute Gasteiger partial charge is 0.164 e. The molecule has 1 aliphatic heterocycles. The summed E-state index contributed by atoms with van der Waals surface area (Å²) >= 11 is 0. The van der Waals surface area contributed by atoms with Crippen LogP contribution in [-0.4, -0.2) is 14.8 Å². The first-order valence-electron chi connectivity index (χ1n) is 6.00. The number of fused-ring (bicyclic) bond motifs is 1. The Morgan fingerprint density at radius 2 is 2.00 bits per heavy atom. The summed E-state index contributed by atoms with van der Waals surface area (Å²) in [7, 11) is 0. The Labute approximate surface area is 100 Å². The van der Waals surface area contributed by atoms with E-state index < -0.39 is 0 Å². The number of benzene rings is 1. The van der Waals surface area contributed by atoms with Gasteiger partial charge in [-0.2, -0.15) is 0 Å². The number of nitrogens with two attached hydrogens (primary N) is 1. The average molecular weight is 228 g/mol. The highest BCUT2D eigenvalue weighted by Gasteiger charge is 2.26. The molecule has 0 saturated heterocycles. The molecule has 17 heavy (non-hydrogen) atoms. The van der Waals surface area contributed by atoms with Gasteiger partial charge >= 0.3 is 0 Å².